The third-order valence-corrected chi connectivity index (χ3v) is 4.36. The molecule has 5 nitrogen and oxygen atoms in total. The maximum absolute atomic E-state index is 13.3. The summed E-state index contributed by atoms with van der Waals surface area (Å²) in [6, 6.07) is 11.6. The number of aromatic nitrogens is 2. The van der Waals surface area contributed by atoms with Crippen molar-refractivity contribution in [1.29, 1.82) is 0 Å². The van der Waals surface area contributed by atoms with Crippen LogP contribution < -0.4 is 5.56 Å². The van der Waals surface area contributed by atoms with Gasteiger partial charge in [0.25, 0.3) is 5.56 Å². The summed E-state index contributed by atoms with van der Waals surface area (Å²) in [6.07, 6.45) is 1.41. The van der Waals surface area contributed by atoms with E-state index >= 15 is 0 Å². The molecule has 0 aliphatic heterocycles. The summed E-state index contributed by atoms with van der Waals surface area (Å²) in [5.74, 6) is -0.552. The van der Waals surface area contributed by atoms with Gasteiger partial charge < -0.3 is 4.90 Å². The summed E-state index contributed by atoms with van der Waals surface area (Å²) in [4.78, 5) is 31.2. The number of carbonyl (C=O) groups is 1. The quantitative estimate of drug-likeness (QED) is 0.709. The molecule has 0 bridgehead atoms. The number of carbonyl (C=O) groups excluding carboxylic acids is 1. The molecule has 6 heteroatoms. The van der Waals surface area contributed by atoms with Crippen molar-refractivity contribution in [2.45, 2.75) is 26.9 Å². The first-order chi connectivity index (χ1) is 12.5. The standard InChI is InChI=1S/C20H20FN3O2/c1-3-23(11-15-7-5-8-16(21)10-15)18(25)12-24-13-22-19-14(2)6-4-9-17(19)20(24)26/h4-10,13H,3,11-12H2,1-2H3. The summed E-state index contributed by atoms with van der Waals surface area (Å²) < 4.78 is 14.7. The molecule has 0 saturated carbocycles. The first-order valence-corrected chi connectivity index (χ1v) is 8.46. The number of likely N-dealkylation sites (N-methyl/N-ethyl adjacent to an activating group) is 1. The van der Waals surface area contributed by atoms with Crippen molar-refractivity contribution in [3.63, 3.8) is 0 Å². The summed E-state index contributed by atoms with van der Waals surface area (Å²) >= 11 is 0. The Balaban J connectivity index is 1.83. The van der Waals surface area contributed by atoms with Crippen LogP contribution in [-0.2, 0) is 17.9 Å². The topological polar surface area (TPSA) is 55.2 Å². The Morgan fingerprint density at radius 1 is 1.23 bits per heavy atom. The normalized spacial score (nSPS) is 10.9. The number of hydrogen-bond acceptors (Lipinski definition) is 3. The number of nitrogens with zero attached hydrogens (tertiary/aromatic N) is 3. The van der Waals surface area contributed by atoms with Crippen LogP contribution in [0.15, 0.2) is 53.6 Å². The molecule has 0 aliphatic carbocycles. The summed E-state index contributed by atoms with van der Waals surface area (Å²) in [5, 5.41) is 0.494. The van der Waals surface area contributed by atoms with Crippen LogP contribution >= 0.6 is 0 Å². The van der Waals surface area contributed by atoms with E-state index in [1.165, 1.54) is 23.0 Å². The van der Waals surface area contributed by atoms with Crippen molar-refractivity contribution >= 4 is 16.8 Å². The summed E-state index contributed by atoms with van der Waals surface area (Å²) in [6.45, 7) is 4.40. The molecule has 0 aliphatic rings. The second-order valence-electron chi connectivity index (χ2n) is 6.19. The highest BCUT2D eigenvalue weighted by Crippen LogP contribution is 2.12. The maximum Gasteiger partial charge on any atom is 0.261 e. The zero-order chi connectivity index (χ0) is 18.7. The fourth-order valence-corrected chi connectivity index (χ4v) is 2.93. The molecule has 0 spiro atoms. The molecule has 1 aromatic heterocycles. The van der Waals surface area contributed by atoms with Gasteiger partial charge >= 0.3 is 0 Å². The highest BCUT2D eigenvalue weighted by molar-refractivity contribution is 5.81. The van der Waals surface area contributed by atoms with Gasteiger partial charge in [-0.05, 0) is 43.2 Å². The van der Waals surface area contributed by atoms with E-state index in [0.717, 1.165) is 5.56 Å². The minimum atomic E-state index is -0.337. The predicted molar refractivity (Wildman–Crippen MR) is 98.2 cm³/mol. The molecule has 3 rings (SSSR count). The van der Waals surface area contributed by atoms with Gasteiger partial charge in [-0.1, -0.05) is 24.3 Å². The average Bonchev–Trinajstić information content (AvgIpc) is 2.62. The van der Waals surface area contributed by atoms with Gasteiger partial charge in [0.1, 0.15) is 12.4 Å². The van der Waals surface area contributed by atoms with Crippen LogP contribution in [0.2, 0.25) is 0 Å². The second-order valence-corrected chi connectivity index (χ2v) is 6.19. The first-order valence-electron chi connectivity index (χ1n) is 8.46. The lowest BCUT2D eigenvalue weighted by Crippen LogP contribution is -2.36. The first kappa shape index (κ1) is 17.8. The molecule has 2 aromatic carbocycles. The zero-order valence-corrected chi connectivity index (χ0v) is 14.8. The number of aryl methyl sites for hydroxylation is 1. The Morgan fingerprint density at radius 3 is 2.73 bits per heavy atom. The van der Waals surface area contributed by atoms with Gasteiger partial charge in [0, 0.05) is 13.1 Å². The second kappa shape index (κ2) is 7.47. The van der Waals surface area contributed by atoms with E-state index in [1.807, 2.05) is 19.9 Å². The van der Waals surface area contributed by atoms with E-state index in [9.17, 15) is 14.0 Å². The third-order valence-electron chi connectivity index (χ3n) is 4.36. The van der Waals surface area contributed by atoms with Gasteiger partial charge in [0.05, 0.1) is 17.2 Å². The van der Waals surface area contributed by atoms with Crippen molar-refractivity contribution in [3.05, 3.63) is 76.1 Å². The largest absolute Gasteiger partial charge is 0.337 e. The van der Waals surface area contributed by atoms with Crippen molar-refractivity contribution in [2.24, 2.45) is 0 Å². The van der Waals surface area contributed by atoms with Crippen LogP contribution in [0.5, 0.6) is 0 Å². The molecule has 0 unspecified atom stereocenters. The lowest BCUT2D eigenvalue weighted by Gasteiger charge is -2.21. The monoisotopic (exact) mass is 353 g/mol. The van der Waals surface area contributed by atoms with Gasteiger partial charge in [-0.25, -0.2) is 9.37 Å². The van der Waals surface area contributed by atoms with Gasteiger partial charge in [0.2, 0.25) is 5.91 Å². The predicted octanol–water partition coefficient (Wildman–Crippen LogP) is 2.89. The minimum Gasteiger partial charge on any atom is -0.337 e. The zero-order valence-electron chi connectivity index (χ0n) is 14.8. The average molecular weight is 353 g/mol. The molecule has 1 heterocycles. The van der Waals surface area contributed by atoms with Crippen molar-refractivity contribution in [1.82, 2.24) is 14.5 Å². The minimum absolute atomic E-state index is 0.0983. The molecular formula is C20H20FN3O2. The fraction of sp³-hybridized carbons (Fsp3) is 0.250. The molecule has 0 N–H and O–H groups in total. The Hall–Kier alpha value is -3.02. The lowest BCUT2D eigenvalue weighted by atomic mass is 10.1. The summed E-state index contributed by atoms with van der Waals surface area (Å²) in [5.41, 5.74) is 2.03. The third kappa shape index (κ3) is 3.64. The molecule has 1 amide bonds. The molecule has 134 valence electrons. The van der Waals surface area contributed by atoms with Crippen LogP contribution in [0.3, 0.4) is 0 Å². The van der Waals surface area contributed by atoms with Crippen LogP contribution in [-0.4, -0.2) is 26.9 Å². The van der Waals surface area contributed by atoms with Crippen molar-refractivity contribution < 1.29 is 9.18 Å². The van der Waals surface area contributed by atoms with Crippen LogP contribution in [0.25, 0.3) is 10.9 Å². The number of rotatable bonds is 5. The number of amides is 1. The number of para-hydroxylation sites is 1. The van der Waals surface area contributed by atoms with E-state index in [4.69, 9.17) is 0 Å². The molecule has 0 fully saturated rings. The van der Waals surface area contributed by atoms with Crippen molar-refractivity contribution in [3.8, 4) is 0 Å². The molecule has 0 radical (unpaired) electrons. The van der Waals surface area contributed by atoms with Crippen LogP contribution in [0.1, 0.15) is 18.1 Å². The maximum atomic E-state index is 13.3. The fourth-order valence-electron chi connectivity index (χ4n) is 2.93. The Morgan fingerprint density at radius 2 is 2.00 bits per heavy atom. The SMILES string of the molecule is CCN(Cc1cccc(F)c1)C(=O)Cn1cnc2c(C)cccc2c1=O. The number of halogens is 1. The van der Waals surface area contributed by atoms with Gasteiger partial charge in [-0.2, -0.15) is 0 Å². The molecule has 26 heavy (non-hydrogen) atoms. The van der Waals surface area contributed by atoms with Gasteiger partial charge in [-0.3, -0.25) is 14.2 Å². The van der Waals surface area contributed by atoms with E-state index in [1.54, 1.807) is 29.2 Å². The highest BCUT2D eigenvalue weighted by atomic mass is 19.1. The Bertz CT molecular complexity index is 1010. The number of benzene rings is 2. The van der Waals surface area contributed by atoms with Gasteiger partial charge in [-0.15, -0.1) is 0 Å². The van der Waals surface area contributed by atoms with Crippen LogP contribution in [0, 0.1) is 12.7 Å². The summed E-state index contributed by atoms with van der Waals surface area (Å²) in [7, 11) is 0. The highest BCUT2D eigenvalue weighted by Gasteiger charge is 2.15. The van der Waals surface area contributed by atoms with E-state index in [0.29, 0.717) is 29.6 Å². The Kier molecular flexibility index (Phi) is 5.11. The molecular weight excluding hydrogens is 333 g/mol. The molecule has 0 atom stereocenters. The van der Waals surface area contributed by atoms with Crippen molar-refractivity contribution in [2.75, 3.05) is 6.54 Å². The molecule has 0 saturated heterocycles. The van der Waals surface area contributed by atoms with Gasteiger partial charge in [0.15, 0.2) is 0 Å². The van der Waals surface area contributed by atoms with E-state index < -0.39 is 0 Å². The number of hydrogen-bond donors (Lipinski definition) is 0. The smallest absolute Gasteiger partial charge is 0.261 e. The lowest BCUT2D eigenvalue weighted by molar-refractivity contribution is -0.132. The Labute approximate surface area is 150 Å². The van der Waals surface area contributed by atoms with E-state index in [-0.39, 0.29) is 23.8 Å². The molecule has 3 aromatic rings. The van der Waals surface area contributed by atoms with E-state index in [2.05, 4.69) is 4.98 Å². The van der Waals surface area contributed by atoms with Crippen LogP contribution in [0.4, 0.5) is 4.39 Å². The number of fused-ring (bicyclic) bond motifs is 1.